The summed E-state index contributed by atoms with van der Waals surface area (Å²) in [5.41, 5.74) is 0. The van der Waals surface area contributed by atoms with Crippen molar-refractivity contribution in [2.45, 2.75) is 33.1 Å². The highest BCUT2D eigenvalue weighted by atomic mass is 16.4. The minimum Gasteiger partial charge on any atom is -0.481 e. The van der Waals surface area contributed by atoms with Crippen LogP contribution in [0.3, 0.4) is 0 Å². The molecule has 2 amide bonds. The van der Waals surface area contributed by atoms with Gasteiger partial charge in [-0.15, -0.1) is 0 Å². The summed E-state index contributed by atoms with van der Waals surface area (Å²) in [7, 11) is 0. The van der Waals surface area contributed by atoms with E-state index in [-0.39, 0.29) is 24.3 Å². The standard InChI is InChI=1S/C13H22N2O4/c1-8(2)6-14-11(16)7-15-12(17)9-3-4-10(5-9)13(18)19/h8-10H,3-7H2,1-2H3,(H,14,16)(H,15,17)(H,18,19). The van der Waals surface area contributed by atoms with Crippen molar-refractivity contribution < 1.29 is 19.5 Å². The van der Waals surface area contributed by atoms with Gasteiger partial charge >= 0.3 is 5.97 Å². The topological polar surface area (TPSA) is 95.5 Å². The summed E-state index contributed by atoms with van der Waals surface area (Å²) in [4.78, 5) is 34.0. The van der Waals surface area contributed by atoms with Crippen LogP contribution in [-0.2, 0) is 14.4 Å². The number of rotatable bonds is 6. The average Bonchev–Trinajstić information content (AvgIpc) is 2.83. The molecule has 19 heavy (non-hydrogen) atoms. The Kier molecular flexibility index (Phi) is 5.79. The van der Waals surface area contributed by atoms with Crippen molar-refractivity contribution in [3.05, 3.63) is 0 Å². The second kappa shape index (κ2) is 7.11. The Morgan fingerprint density at radius 3 is 2.32 bits per heavy atom. The van der Waals surface area contributed by atoms with Gasteiger partial charge in [0.25, 0.3) is 0 Å². The van der Waals surface area contributed by atoms with Crippen LogP contribution >= 0.6 is 0 Å². The second-order valence-corrected chi connectivity index (χ2v) is 5.46. The number of nitrogens with one attached hydrogen (secondary N) is 2. The van der Waals surface area contributed by atoms with Crippen molar-refractivity contribution >= 4 is 17.8 Å². The minimum atomic E-state index is -0.843. The summed E-state index contributed by atoms with van der Waals surface area (Å²) < 4.78 is 0. The number of hydrogen-bond donors (Lipinski definition) is 3. The maximum absolute atomic E-state index is 11.8. The lowest BCUT2D eigenvalue weighted by Crippen LogP contribution is -2.40. The molecule has 2 unspecified atom stereocenters. The molecular weight excluding hydrogens is 248 g/mol. The molecular formula is C13H22N2O4. The summed E-state index contributed by atoms with van der Waals surface area (Å²) >= 11 is 0. The van der Waals surface area contributed by atoms with Gasteiger partial charge < -0.3 is 15.7 Å². The Balaban J connectivity index is 2.25. The first-order chi connectivity index (χ1) is 8.90. The van der Waals surface area contributed by atoms with E-state index < -0.39 is 11.9 Å². The summed E-state index contributed by atoms with van der Waals surface area (Å²) in [6.07, 6.45) is 1.48. The van der Waals surface area contributed by atoms with E-state index in [9.17, 15) is 14.4 Å². The first kappa shape index (κ1) is 15.5. The quantitative estimate of drug-likeness (QED) is 0.650. The zero-order valence-corrected chi connectivity index (χ0v) is 11.4. The summed E-state index contributed by atoms with van der Waals surface area (Å²) in [6.45, 7) is 4.52. The van der Waals surface area contributed by atoms with Crippen molar-refractivity contribution in [1.29, 1.82) is 0 Å². The molecule has 6 heteroatoms. The van der Waals surface area contributed by atoms with Crippen LogP contribution in [0.1, 0.15) is 33.1 Å². The molecule has 1 aliphatic carbocycles. The molecule has 0 aromatic rings. The zero-order chi connectivity index (χ0) is 14.4. The van der Waals surface area contributed by atoms with Crippen LogP contribution in [0.2, 0.25) is 0 Å². The largest absolute Gasteiger partial charge is 0.481 e. The van der Waals surface area contributed by atoms with Crippen LogP contribution in [0.15, 0.2) is 0 Å². The lowest BCUT2D eigenvalue weighted by molar-refractivity contribution is -0.141. The van der Waals surface area contributed by atoms with Crippen molar-refractivity contribution in [3.63, 3.8) is 0 Å². The molecule has 0 bridgehead atoms. The molecule has 2 atom stereocenters. The number of carbonyl (C=O) groups is 3. The molecule has 0 saturated heterocycles. The van der Waals surface area contributed by atoms with Gasteiger partial charge in [0, 0.05) is 12.5 Å². The molecule has 0 aromatic carbocycles. The van der Waals surface area contributed by atoms with E-state index in [1.165, 1.54) is 0 Å². The third kappa shape index (κ3) is 5.28. The van der Waals surface area contributed by atoms with Crippen LogP contribution in [0.4, 0.5) is 0 Å². The maximum atomic E-state index is 11.8. The fourth-order valence-corrected chi connectivity index (χ4v) is 2.14. The van der Waals surface area contributed by atoms with Crippen molar-refractivity contribution in [2.75, 3.05) is 13.1 Å². The van der Waals surface area contributed by atoms with Crippen LogP contribution in [0, 0.1) is 17.8 Å². The zero-order valence-electron chi connectivity index (χ0n) is 11.4. The molecule has 108 valence electrons. The normalized spacial score (nSPS) is 22.3. The molecule has 1 aliphatic rings. The average molecular weight is 270 g/mol. The maximum Gasteiger partial charge on any atom is 0.306 e. The summed E-state index contributed by atoms with van der Waals surface area (Å²) in [5, 5.41) is 14.1. The number of amides is 2. The first-order valence-corrected chi connectivity index (χ1v) is 6.67. The van der Waals surface area contributed by atoms with E-state index in [0.717, 1.165) is 0 Å². The van der Waals surface area contributed by atoms with Gasteiger partial charge in [0.2, 0.25) is 11.8 Å². The van der Waals surface area contributed by atoms with E-state index in [0.29, 0.717) is 31.7 Å². The van der Waals surface area contributed by atoms with Crippen LogP contribution in [0.25, 0.3) is 0 Å². The lowest BCUT2D eigenvalue weighted by atomic mass is 10.0. The number of carboxylic acids is 1. The third-order valence-electron chi connectivity index (χ3n) is 3.28. The smallest absolute Gasteiger partial charge is 0.306 e. The predicted molar refractivity (Wildman–Crippen MR) is 69.3 cm³/mol. The highest BCUT2D eigenvalue weighted by Crippen LogP contribution is 2.30. The van der Waals surface area contributed by atoms with Gasteiger partial charge in [-0.3, -0.25) is 14.4 Å². The predicted octanol–water partition coefficient (Wildman–Crippen LogP) is 0.376. The number of carbonyl (C=O) groups excluding carboxylic acids is 2. The molecule has 1 rings (SSSR count). The van der Waals surface area contributed by atoms with E-state index in [4.69, 9.17) is 5.11 Å². The molecule has 6 nitrogen and oxygen atoms in total. The van der Waals surface area contributed by atoms with Gasteiger partial charge in [0.15, 0.2) is 0 Å². The molecule has 0 aliphatic heterocycles. The molecule has 0 heterocycles. The fraction of sp³-hybridized carbons (Fsp3) is 0.769. The third-order valence-corrected chi connectivity index (χ3v) is 3.28. The van der Waals surface area contributed by atoms with E-state index in [1.807, 2.05) is 13.8 Å². The first-order valence-electron chi connectivity index (χ1n) is 6.67. The Morgan fingerprint density at radius 2 is 1.79 bits per heavy atom. The SMILES string of the molecule is CC(C)CNC(=O)CNC(=O)C1CCC(C(=O)O)C1. The molecule has 3 N–H and O–H groups in total. The monoisotopic (exact) mass is 270 g/mol. The van der Waals surface area contributed by atoms with E-state index in [2.05, 4.69) is 10.6 Å². The fourth-order valence-electron chi connectivity index (χ4n) is 2.14. The van der Waals surface area contributed by atoms with Crippen LogP contribution in [0.5, 0.6) is 0 Å². The van der Waals surface area contributed by atoms with Crippen molar-refractivity contribution in [1.82, 2.24) is 10.6 Å². The second-order valence-electron chi connectivity index (χ2n) is 5.46. The van der Waals surface area contributed by atoms with Gasteiger partial charge in [-0.05, 0) is 25.2 Å². The van der Waals surface area contributed by atoms with Gasteiger partial charge in [-0.25, -0.2) is 0 Å². The van der Waals surface area contributed by atoms with Crippen LogP contribution in [-0.4, -0.2) is 36.0 Å². The van der Waals surface area contributed by atoms with Gasteiger partial charge in [0.1, 0.15) is 0 Å². The highest BCUT2D eigenvalue weighted by molar-refractivity contribution is 5.86. The Bertz CT molecular complexity index is 355. The summed E-state index contributed by atoms with van der Waals surface area (Å²) in [5.74, 6) is -1.61. The van der Waals surface area contributed by atoms with E-state index in [1.54, 1.807) is 0 Å². The molecule has 0 spiro atoms. The Hall–Kier alpha value is -1.59. The van der Waals surface area contributed by atoms with E-state index >= 15 is 0 Å². The molecule has 0 aromatic heterocycles. The number of carboxylic acid groups (broad SMARTS) is 1. The molecule has 1 fully saturated rings. The van der Waals surface area contributed by atoms with Crippen molar-refractivity contribution in [3.8, 4) is 0 Å². The Labute approximate surface area is 112 Å². The molecule has 1 saturated carbocycles. The number of hydrogen-bond acceptors (Lipinski definition) is 3. The number of aliphatic carboxylic acids is 1. The lowest BCUT2D eigenvalue weighted by Gasteiger charge is -2.11. The van der Waals surface area contributed by atoms with Crippen LogP contribution < -0.4 is 10.6 Å². The summed E-state index contributed by atoms with van der Waals surface area (Å²) in [6, 6.07) is 0. The minimum absolute atomic E-state index is 0.0419. The highest BCUT2D eigenvalue weighted by Gasteiger charge is 2.33. The van der Waals surface area contributed by atoms with Gasteiger partial charge in [-0.2, -0.15) is 0 Å². The molecule has 0 radical (unpaired) electrons. The van der Waals surface area contributed by atoms with Gasteiger partial charge in [-0.1, -0.05) is 13.8 Å². The Morgan fingerprint density at radius 1 is 1.16 bits per heavy atom. The van der Waals surface area contributed by atoms with Crippen molar-refractivity contribution in [2.24, 2.45) is 17.8 Å². The van der Waals surface area contributed by atoms with Gasteiger partial charge in [0.05, 0.1) is 12.5 Å².